The van der Waals surface area contributed by atoms with Gasteiger partial charge in [-0.2, -0.15) is 0 Å². The van der Waals surface area contributed by atoms with E-state index in [9.17, 15) is 4.79 Å². The minimum atomic E-state index is 0.0634. The van der Waals surface area contributed by atoms with Crippen molar-refractivity contribution in [3.8, 4) is 5.75 Å². The number of amides is 1. The number of piperazine rings is 1. The number of nitrogens with zero attached hydrogens (tertiary/aromatic N) is 3. The molecule has 1 aliphatic rings. The van der Waals surface area contributed by atoms with E-state index in [0.29, 0.717) is 17.9 Å². The normalized spacial score (nSPS) is 15.2. The SMILES string of the molecule is CCOc1ccccc1C(=O)N1CCN(CCc2ccccn2)CC1. The van der Waals surface area contributed by atoms with Crippen molar-refractivity contribution in [3.63, 3.8) is 0 Å². The van der Waals surface area contributed by atoms with E-state index in [4.69, 9.17) is 4.74 Å². The molecule has 2 heterocycles. The minimum Gasteiger partial charge on any atom is -0.493 e. The number of pyridine rings is 1. The van der Waals surface area contributed by atoms with Crippen molar-refractivity contribution in [2.45, 2.75) is 13.3 Å². The Kier molecular flexibility index (Phi) is 6.01. The van der Waals surface area contributed by atoms with Gasteiger partial charge < -0.3 is 9.64 Å². The second-order valence-electron chi connectivity index (χ2n) is 6.13. The summed E-state index contributed by atoms with van der Waals surface area (Å²) in [7, 11) is 0. The molecule has 2 aromatic rings. The van der Waals surface area contributed by atoms with Crippen LogP contribution in [0.5, 0.6) is 5.75 Å². The zero-order chi connectivity index (χ0) is 17.5. The highest BCUT2D eigenvalue weighted by molar-refractivity contribution is 5.97. The van der Waals surface area contributed by atoms with E-state index in [2.05, 4.69) is 16.0 Å². The number of hydrogen-bond acceptors (Lipinski definition) is 4. The second-order valence-corrected chi connectivity index (χ2v) is 6.13. The van der Waals surface area contributed by atoms with Crippen molar-refractivity contribution in [2.75, 3.05) is 39.3 Å². The molecule has 1 fully saturated rings. The first-order valence-corrected chi connectivity index (χ1v) is 8.91. The van der Waals surface area contributed by atoms with Gasteiger partial charge in [0, 0.05) is 51.0 Å². The smallest absolute Gasteiger partial charge is 0.257 e. The summed E-state index contributed by atoms with van der Waals surface area (Å²) in [5, 5.41) is 0. The van der Waals surface area contributed by atoms with Crippen LogP contribution in [-0.2, 0) is 6.42 Å². The average molecular weight is 339 g/mol. The molecule has 1 aromatic carbocycles. The Morgan fingerprint density at radius 2 is 1.84 bits per heavy atom. The third-order valence-electron chi connectivity index (χ3n) is 4.49. The van der Waals surface area contributed by atoms with Gasteiger partial charge in [0.05, 0.1) is 12.2 Å². The summed E-state index contributed by atoms with van der Waals surface area (Å²) in [6.45, 7) is 6.77. The van der Waals surface area contributed by atoms with E-state index in [1.807, 2.05) is 54.4 Å². The zero-order valence-corrected chi connectivity index (χ0v) is 14.7. The van der Waals surface area contributed by atoms with Crippen molar-refractivity contribution in [2.24, 2.45) is 0 Å². The molecule has 5 heteroatoms. The first-order valence-electron chi connectivity index (χ1n) is 8.91. The van der Waals surface area contributed by atoms with Crippen molar-refractivity contribution in [1.29, 1.82) is 0 Å². The second kappa shape index (κ2) is 8.62. The number of benzene rings is 1. The fourth-order valence-electron chi connectivity index (χ4n) is 3.09. The molecular formula is C20H25N3O2. The minimum absolute atomic E-state index is 0.0634. The van der Waals surface area contributed by atoms with Crippen LogP contribution in [0.15, 0.2) is 48.7 Å². The molecule has 1 aliphatic heterocycles. The average Bonchev–Trinajstić information content (AvgIpc) is 2.68. The predicted octanol–water partition coefficient (Wildman–Crippen LogP) is 2.48. The Morgan fingerprint density at radius 3 is 2.56 bits per heavy atom. The maximum Gasteiger partial charge on any atom is 0.257 e. The zero-order valence-electron chi connectivity index (χ0n) is 14.7. The molecule has 0 saturated carbocycles. The number of carbonyl (C=O) groups is 1. The fraction of sp³-hybridized carbons (Fsp3) is 0.400. The number of hydrogen-bond donors (Lipinski definition) is 0. The molecule has 0 spiro atoms. The van der Waals surface area contributed by atoms with Gasteiger partial charge >= 0.3 is 0 Å². The van der Waals surface area contributed by atoms with Crippen LogP contribution in [0.4, 0.5) is 0 Å². The molecule has 0 N–H and O–H groups in total. The molecule has 3 rings (SSSR count). The molecule has 0 unspecified atom stereocenters. The number of carbonyl (C=O) groups excluding carboxylic acids is 1. The lowest BCUT2D eigenvalue weighted by Gasteiger charge is -2.35. The maximum absolute atomic E-state index is 12.8. The first kappa shape index (κ1) is 17.4. The lowest BCUT2D eigenvalue weighted by Crippen LogP contribution is -2.49. The third-order valence-corrected chi connectivity index (χ3v) is 4.49. The van der Waals surface area contributed by atoms with E-state index < -0.39 is 0 Å². The standard InChI is InChI=1S/C20H25N3O2/c1-2-25-19-9-4-3-8-18(19)20(24)23-15-13-22(14-16-23)12-10-17-7-5-6-11-21-17/h3-9,11H,2,10,12-16H2,1H3. The van der Waals surface area contributed by atoms with E-state index >= 15 is 0 Å². The van der Waals surface area contributed by atoms with E-state index in [-0.39, 0.29) is 5.91 Å². The largest absolute Gasteiger partial charge is 0.493 e. The monoisotopic (exact) mass is 339 g/mol. The van der Waals surface area contributed by atoms with Gasteiger partial charge in [-0.3, -0.25) is 14.7 Å². The van der Waals surface area contributed by atoms with Gasteiger partial charge in [-0.15, -0.1) is 0 Å². The summed E-state index contributed by atoms with van der Waals surface area (Å²) >= 11 is 0. The van der Waals surface area contributed by atoms with Gasteiger partial charge in [-0.25, -0.2) is 0 Å². The summed E-state index contributed by atoms with van der Waals surface area (Å²) < 4.78 is 5.59. The lowest BCUT2D eigenvalue weighted by molar-refractivity contribution is 0.0634. The van der Waals surface area contributed by atoms with Crippen LogP contribution < -0.4 is 4.74 Å². The topological polar surface area (TPSA) is 45.7 Å². The number of para-hydroxylation sites is 1. The molecule has 0 atom stereocenters. The molecule has 132 valence electrons. The molecule has 0 radical (unpaired) electrons. The third kappa shape index (κ3) is 4.57. The molecule has 25 heavy (non-hydrogen) atoms. The first-order chi connectivity index (χ1) is 12.3. The lowest BCUT2D eigenvalue weighted by atomic mass is 10.1. The maximum atomic E-state index is 12.8. The predicted molar refractivity (Wildman–Crippen MR) is 97.9 cm³/mol. The van der Waals surface area contributed by atoms with E-state index in [0.717, 1.165) is 44.8 Å². The molecular weight excluding hydrogens is 314 g/mol. The summed E-state index contributed by atoms with van der Waals surface area (Å²) in [4.78, 5) is 21.5. The van der Waals surface area contributed by atoms with E-state index in [1.165, 1.54) is 0 Å². The van der Waals surface area contributed by atoms with Gasteiger partial charge in [0.2, 0.25) is 0 Å². The van der Waals surface area contributed by atoms with Crippen LogP contribution in [0.1, 0.15) is 23.0 Å². The molecule has 1 aromatic heterocycles. The van der Waals surface area contributed by atoms with Crippen molar-refractivity contribution < 1.29 is 9.53 Å². The Morgan fingerprint density at radius 1 is 1.08 bits per heavy atom. The fourth-order valence-corrected chi connectivity index (χ4v) is 3.09. The highest BCUT2D eigenvalue weighted by Gasteiger charge is 2.24. The number of rotatable bonds is 6. The van der Waals surface area contributed by atoms with Crippen molar-refractivity contribution in [1.82, 2.24) is 14.8 Å². The Balaban J connectivity index is 1.53. The number of ether oxygens (including phenoxy) is 1. The number of aromatic nitrogens is 1. The van der Waals surface area contributed by atoms with Crippen LogP contribution in [0.2, 0.25) is 0 Å². The van der Waals surface area contributed by atoms with Gasteiger partial charge in [0.25, 0.3) is 5.91 Å². The van der Waals surface area contributed by atoms with Crippen LogP contribution in [0.25, 0.3) is 0 Å². The summed E-state index contributed by atoms with van der Waals surface area (Å²) in [6, 6.07) is 13.5. The summed E-state index contributed by atoms with van der Waals surface area (Å²) in [5.41, 5.74) is 1.78. The molecule has 1 saturated heterocycles. The molecule has 0 aliphatic carbocycles. The van der Waals surface area contributed by atoms with Gasteiger partial charge in [0.1, 0.15) is 5.75 Å². The molecule has 0 bridgehead atoms. The Labute approximate surface area is 149 Å². The Bertz CT molecular complexity index is 682. The van der Waals surface area contributed by atoms with Crippen molar-refractivity contribution in [3.05, 3.63) is 59.9 Å². The molecule has 5 nitrogen and oxygen atoms in total. The van der Waals surface area contributed by atoms with Crippen LogP contribution in [0, 0.1) is 0 Å². The highest BCUT2D eigenvalue weighted by Crippen LogP contribution is 2.20. The Hall–Kier alpha value is -2.40. The summed E-state index contributed by atoms with van der Waals surface area (Å²) in [5.74, 6) is 0.737. The highest BCUT2D eigenvalue weighted by atomic mass is 16.5. The molecule has 1 amide bonds. The van der Waals surface area contributed by atoms with Crippen LogP contribution in [0.3, 0.4) is 0 Å². The van der Waals surface area contributed by atoms with Crippen LogP contribution in [-0.4, -0.2) is 60.0 Å². The van der Waals surface area contributed by atoms with Crippen LogP contribution >= 0.6 is 0 Å². The van der Waals surface area contributed by atoms with Gasteiger partial charge in [0.15, 0.2) is 0 Å². The quantitative estimate of drug-likeness (QED) is 0.811. The summed E-state index contributed by atoms with van der Waals surface area (Å²) in [6.07, 6.45) is 2.78. The van der Waals surface area contributed by atoms with E-state index in [1.54, 1.807) is 0 Å². The van der Waals surface area contributed by atoms with Gasteiger partial charge in [-0.05, 0) is 31.2 Å². The van der Waals surface area contributed by atoms with Gasteiger partial charge in [-0.1, -0.05) is 18.2 Å². The van der Waals surface area contributed by atoms with Crippen molar-refractivity contribution >= 4 is 5.91 Å².